The van der Waals surface area contributed by atoms with Crippen molar-refractivity contribution in [2.75, 3.05) is 25.1 Å². The molecule has 0 saturated carbocycles. The molecule has 1 heterocycles. The van der Waals surface area contributed by atoms with E-state index in [4.69, 9.17) is 21.7 Å². The maximum atomic E-state index is 5.85. The third-order valence-corrected chi connectivity index (χ3v) is 4.98. The van der Waals surface area contributed by atoms with Crippen LogP contribution in [0.4, 0.5) is 5.69 Å². The predicted molar refractivity (Wildman–Crippen MR) is 114 cm³/mol. The van der Waals surface area contributed by atoms with Gasteiger partial charge in [0.05, 0.1) is 18.4 Å². The van der Waals surface area contributed by atoms with Gasteiger partial charge in [0.25, 0.3) is 0 Å². The lowest BCUT2D eigenvalue weighted by atomic mass is 10.1. The molecule has 27 heavy (non-hydrogen) atoms. The van der Waals surface area contributed by atoms with Gasteiger partial charge in [0, 0.05) is 19.7 Å². The Morgan fingerprint density at radius 2 is 2.11 bits per heavy atom. The average Bonchev–Trinajstić information content (AvgIpc) is 3.16. The fourth-order valence-electron chi connectivity index (χ4n) is 3.33. The van der Waals surface area contributed by atoms with Gasteiger partial charge >= 0.3 is 0 Å². The van der Waals surface area contributed by atoms with Crippen LogP contribution in [0.1, 0.15) is 30.9 Å². The quantitative estimate of drug-likeness (QED) is 0.696. The zero-order valence-corrected chi connectivity index (χ0v) is 16.9. The second-order valence-electron chi connectivity index (χ2n) is 6.86. The molecular weight excluding hydrogens is 356 g/mol. The molecule has 144 valence electrons. The van der Waals surface area contributed by atoms with E-state index in [1.807, 2.05) is 31.2 Å². The minimum Gasteiger partial charge on any atom is -0.492 e. The molecule has 4 nitrogen and oxygen atoms in total. The van der Waals surface area contributed by atoms with Crippen LogP contribution in [0.2, 0.25) is 0 Å². The maximum absolute atomic E-state index is 5.85. The molecule has 0 radical (unpaired) electrons. The predicted octanol–water partition coefficient (Wildman–Crippen LogP) is 4.77. The van der Waals surface area contributed by atoms with Crippen molar-refractivity contribution in [3.8, 4) is 5.75 Å². The lowest BCUT2D eigenvalue weighted by Crippen LogP contribution is -2.39. The van der Waals surface area contributed by atoms with Gasteiger partial charge in [0.2, 0.25) is 0 Å². The van der Waals surface area contributed by atoms with E-state index < -0.39 is 0 Å². The normalized spacial score (nSPS) is 16.1. The Labute approximate surface area is 167 Å². The summed E-state index contributed by atoms with van der Waals surface area (Å²) >= 11 is 5.77. The molecule has 1 saturated heterocycles. The summed E-state index contributed by atoms with van der Waals surface area (Å²) in [4.78, 5) is 2.20. The fourth-order valence-corrected chi connectivity index (χ4v) is 3.58. The van der Waals surface area contributed by atoms with Crippen LogP contribution in [-0.2, 0) is 11.3 Å². The van der Waals surface area contributed by atoms with Crippen LogP contribution in [0.25, 0.3) is 0 Å². The van der Waals surface area contributed by atoms with E-state index >= 15 is 0 Å². The molecule has 5 heteroatoms. The third kappa shape index (κ3) is 5.68. The van der Waals surface area contributed by atoms with E-state index in [9.17, 15) is 0 Å². The molecule has 0 aromatic heterocycles. The van der Waals surface area contributed by atoms with Crippen molar-refractivity contribution >= 4 is 23.0 Å². The number of nitrogens with one attached hydrogen (secondary N) is 1. The highest BCUT2D eigenvalue weighted by Crippen LogP contribution is 2.25. The molecule has 1 aliphatic rings. The second-order valence-corrected chi connectivity index (χ2v) is 7.25. The molecule has 2 aromatic rings. The smallest absolute Gasteiger partial charge is 0.173 e. The summed E-state index contributed by atoms with van der Waals surface area (Å²) in [6.45, 7) is 7.10. The summed E-state index contributed by atoms with van der Waals surface area (Å²) in [6, 6.07) is 16.5. The fraction of sp³-hybridized carbons (Fsp3) is 0.409. The molecule has 1 N–H and O–H groups in total. The monoisotopic (exact) mass is 384 g/mol. The van der Waals surface area contributed by atoms with Crippen LogP contribution in [0.3, 0.4) is 0 Å². The van der Waals surface area contributed by atoms with Crippen LogP contribution in [-0.4, -0.2) is 35.9 Å². The van der Waals surface area contributed by atoms with E-state index in [1.54, 1.807) is 0 Å². The number of hydrogen-bond donors (Lipinski definition) is 1. The first-order valence-corrected chi connectivity index (χ1v) is 10.0. The van der Waals surface area contributed by atoms with Crippen molar-refractivity contribution < 1.29 is 9.47 Å². The highest BCUT2D eigenvalue weighted by Gasteiger charge is 2.21. The van der Waals surface area contributed by atoms with E-state index in [2.05, 4.69) is 41.4 Å². The van der Waals surface area contributed by atoms with E-state index in [0.717, 1.165) is 44.0 Å². The number of aryl methyl sites for hydroxylation is 1. The summed E-state index contributed by atoms with van der Waals surface area (Å²) in [6.07, 6.45) is 2.44. The molecule has 1 fully saturated rings. The Morgan fingerprint density at radius 3 is 2.85 bits per heavy atom. The van der Waals surface area contributed by atoms with Gasteiger partial charge in [-0.2, -0.15) is 0 Å². The number of benzene rings is 2. The van der Waals surface area contributed by atoms with Gasteiger partial charge in [-0.3, -0.25) is 0 Å². The number of ether oxygens (including phenoxy) is 2. The molecular formula is C22H28N2O2S. The Morgan fingerprint density at radius 1 is 1.26 bits per heavy atom. The van der Waals surface area contributed by atoms with E-state index in [0.29, 0.717) is 11.7 Å². The lowest BCUT2D eigenvalue weighted by Gasteiger charge is -2.29. The molecule has 1 aliphatic heterocycles. The molecule has 0 aliphatic carbocycles. The Kier molecular flexibility index (Phi) is 7.07. The van der Waals surface area contributed by atoms with Crippen LogP contribution >= 0.6 is 12.2 Å². The zero-order valence-electron chi connectivity index (χ0n) is 16.1. The Balaban J connectivity index is 1.75. The first-order valence-electron chi connectivity index (χ1n) is 9.60. The zero-order chi connectivity index (χ0) is 19.1. The van der Waals surface area contributed by atoms with Gasteiger partial charge < -0.3 is 19.7 Å². The van der Waals surface area contributed by atoms with Gasteiger partial charge in [-0.1, -0.05) is 42.0 Å². The number of hydrogen-bond acceptors (Lipinski definition) is 3. The number of anilines is 1. The van der Waals surface area contributed by atoms with Crippen molar-refractivity contribution in [3.05, 3.63) is 59.7 Å². The Bertz CT molecular complexity index is 759. The van der Waals surface area contributed by atoms with Gasteiger partial charge in [-0.25, -0.2) is 0 Å². The Hall–Kier alpha value is -2.11. The summed E-state index contributed by atoms with van der Waals surface area (Å²) in [5.41, 5.74) is 3.39. The lowest BCUT2D eigenvalue weighted by molar-refractivity contribution is 0.0905. The standard InChI is InChI=1S/C22H28N2O2S/c1-3-25-21-12-5-4-11-20(21)23-22(27)24(16-19-10-7-13-26-19)15-18-9-6-8-17(2)14-18/h4-6,8-9,11-12,14,19H,3,7,10,13,15-16H2,1-2H3,(H,23,27). The van der Waals surface area contributed by atoms with Gasteiger partial charge in [-0.15, -0.1) is 0 Å². The number of nitrogens with zero attached hydrogens (tertiary/aromatic N) is 1. The minimum atomic E-state index is 0.233. The van der Waals surface area contributed by atoms with Crippen molar-refractivity contribution in [3.63, 3.8) is 0 Å². The van der Waals surface area contributed by atoms with Gasteiger partial charge in [0.1, 0.15) is 5.75 Å². The van der Waals surface area contributed by atoms with E-state index in [1.165, 1.54) is 11.1 Å². The average molecular weight is 385 g/mol. The SMILES string of the molecule is CCOc1ccccc1NC(=S)N(Cc1cccc(C)c1)CC1CCCO1. The van der Waals surface area contributed by atoms with E-state index in [-0.39, 0.29) is 6.10 Å². The number of thiocarbonyl (C=S) groups is 1. The molecule has 3 rings (SSSR count). The van der Waals surface area contributed by atoms with Crippen molar-refractivity contribution in [2.45, 2.75) is 39.3 Å². The van der Waals surface area contributed by atoms with Crippen LogP contribution in [0.15, 0.2) is 48.5 Å². The van der Waals surface area contributed by atoms with Crippen LogP contribution in [0, 0.1) is 6.92 Å². The molecule has 1 unspecified atom stereocenters. The molecule has 0 spiro atoms. The van der Waals surface area contributed by atoms with Crippen molar-refractivity contribution in [1.82, 2.24) is 4.90 Å². The molecule has 0 amide bonds. The van der Waals surface area contributed by atoms with Crippen molar-refractivity contribution in [1.29, 1.82) is 0 Å². The van der Waals surface area contributed by atoms with Crippen LogP contribution in [0.5, 0.6) is 5.75 Å². The van der Waals surface area contributed by atoms with Crippen molar-refractivity contribution in [2.24, 2.45) is 0 Å². The summed E-state index contributed by atoms with van der Waals surface area (Å²) in [7, 11) is 0. The largest absolute Gasteiger partial charge is 0.492 e. The number of para-hydroxylation sites is 2. The second kappa shape index (κ2) is 9.72. The molecule has 1 atom stereocenters. The minimum absolute atomic E-state index is 0.233. The van der Waals surface area contributed by atoms with Gasteiger partial charge in [-0.05, 0) is 56.6 Å². The van der Waals surface area contributed by atoms with Gasteiger partial charge in [0.15, 0.2) is 5.11 Å². The molecule has 0 bridgehead atoms. The van der Waals surface area contributed by atoms with Crippen LogP contribution < -0.4 is 10.1 Å². The first kappa shape index (κ1) is 19.6. The molecule has 2 aromatic carbocycles. The highest BCUT2D eigenvalue weighted by molar-refractivity contribution is 7.80. The number of rotatable bonds is 7. The highest BCUT2D eigenvalue weighted by atomic mass is 32.1. The summed E-state index contributed by atoms with van der Waals surface area (Å²) in [5, 5.41) is 4.07. The summed E-state index contributed by atoms with van der Waals surface area (Å²) < 4.78 is 11.6. The maximum Gasteiger partial charge on any atom is 0.173 e. The summed E-state index contributed by atoms with van der Waals surface area (Å²) in [5.74, 6) is 0.815. The third-order valence-electron chi connectivity index (χ3n) is 4.62. The topological polar surface area (TPSA) is 33.7 Å². The first-order chi connectivity index (χ1) is 13.2.